The molecular formula is C30H40N4O5. The number of rotatable bonds is 7. The lowest BCUT2D eigenvalue weighted by atomic mass is 9.90. The number of alkyl carbamates (subject to hydrolysis) is 1. The summed E-state index contributed by atoms with van der Waals surface area (Å²) in [5.74, 6) is 0.844. The Morgan fingerprint density at radius 2 is 1.72 bits per heavy atom. The summed E-state index contributed by atoms with van der Waals surface area (Å²) in [6.45, 7) is 18.5. The van der Waals surface area contributed by atoms with Crippen LogP contribution in [0.1, 0.15) is 72.8 Å². The Hall–Kier alpha value is -3.88. The molecule has 0 aliphatic carbocycles. The molecule has 9 nitrogen and oxygen atoms in total. The largest absolute Gasteiger partial charge is 0.496 e. The highest BCUT2D eigenvalue weighted by Crippen LogP contribution is 2.37. The van der Waals surface area contributed by atoms with Crippen molar-refractivity contribution in [3.05, 3.63) is 54.6 Å². The molecule has 0 fully saturated rings. The maximum absolute atomic E-state index is 13.5. The lowest BCUT2D eigenvalue weighted by molar-refractivity contribution is 0.0412. The molecule has 3 aromatic rings. The first-order chi connectivity index (χ1) is 18.1. The number of benzene rings is 1. The summed E-state index contributed by atoms with van der Waals surface area (Å²) in [7, 11) is 1.57. The fourth-order valence-corrected chi connectivity index (χ4v) is 4.26. The zero-order valence-corrected chi connectivity index (χ0v) is 24.5. The first kappa shape index (κ1) is 29.7. The molecule has 1 amide bonds. The zero-order chi connectivity index (χ0) is 29.2. The van der Waals surface area contributed by atoms with Crippen molar-refractivity contribution in [3.63, 3.8) is 0 Å². The molecule has 9 heteroatoms. The van der Waals surface area contributed by atoms with Crippen molar-refractivity contribution in [2.24, 2.45) is 0 Å². The van der Waals surface area contributed by atoms with Gasteiger partial charge in [0, 0.05) is 28.9 Å². The number of fused-ring (bicyclic) bond motifs is 1. The molecule has 0 bridgehead atoms. The predicted octanol–water partition coefficient (Wildman–Crippen LogP) is 6.90. The maximum atomic E-state index is 13.5. The van der Waals surface area contributed by atoms with Crippen LogP contribution in [0.2, 0.25) is 0 Å². The van der Waals surface area contributed by atoms with Crippen molar-refractivity contribution in [3.8, 4) is 17.0 Å². The molecule has 2 heterocycles. The van der Waals surface area contributed by atoms with Crippen LogP contribution in [0.25, 0.3) is 22.2 Å². The van der Waals surface area contributed by atoms with Gasteiger partial charge in [-0.05, 0) is 73.4 Å². The predicted molar refractivity (Wildman–Crippen MR) is 152 cm³/mol. The van der Waals surface area contributed by atoms with Crippen molar-refractivity contribution in [2.75, 3.05) is 7.11 Å². The minimum atomic E-state index is -1.11. The Balaban J connectivity index is 2.26. The van der Waals surface area contributed by atoms with Crippen LogP contribution in [0.5, 0.6) is 5.75 Å². The van der Waals surface area contributed by atoms with E-state index in [-0.39, 0.29) is 0 Å². The monoisotopic (exact) mass is 536 g/mol. The number of hydrogen-bond donors (Lipinski definition) is 1. The van der Waals surface area contributed by atoms with Crippen LogP contribution in [-0.2, 0) is 15.0 Å². The lowest BCUT2D eigenvalue weighted by Gasteiger charge is -2.33. The summed E-state index contributed by atoms with van der Waals surface area (Å²) in [6.07, 6.45) is 2.73. The number of imidazole rings is 1. The van der Waals surface area contributed by atoms with Gasteiger partial charge in [-0.1, -0.05) is 19.1 Å². The molecule has 39 heavy (non-hydrogen) atoms. The Kier molecular flexibility index (Phi) is 8.43. The highest BCUT2D eigenvalue weighted by atomic mass is 16.6. The Bertz CT molecular complexity index is 1380. The highest BCUT2D eigenvalue weighted by molar-refractivity contribution is 5.88. The van der Waals surface area contributed by atoms with E-state index in [1.54, 1.807) is 60.9 Å². The van der Waals surface area contributed by atoms with Gasteiger partial charge in [0.2, 0.25) is 0 Å². The van der Waals surface area contributed by atoms with E-state index < -0.39 is 28.9 Å². The molecule has 0 radical (unpaired) electrons. The normalized spacial score (nSPS) is 13.5. The van der Waals surface area contributed by atoms with Crippen LogP contribution in [-0.4, -0.2) is 45.0 Å². The third-order valence-corrected chi connectivity index (χ3v) is 5.99. The molecule has 0 saturated heterocycles. The minimum Gasteiger partial charge on any atom is -0.496 e. The average Bonchev–Trinajstić information content (AvgIpc) is 3.26. The third kappa shape index (κ3) is 6.96. The second-order valence-corrected chi connectivity index (χ2v) is 11.6. The smallest absolute Gasteiger partial charge is 0.420 e. The summed E-state index contributed by atoms with van der Waals surface area (Å²) >= 11 is 0. The fourth-order valence-electron chi connectivity index (χ4n) is 4.26. The van der Waals surface area contributed by atoms with Gasteiger partial charge in [0.1, 0.15) is 28.3 Å². The molecule has 0 spiro atoms. The minimum absolute atomic E-state index is 0.292. The molecule has 1 atom stereocenters. The molecule has 1 N–H and O–H groups in total. The van der Waals surface area contributed by atoms with Gasteiger partial charge in [-0.2, -0.15) is 0 Å². The van der Waals surface area contributed by atoms with Gasteiger partial charge in [0.05, 0.1) is 18.3 Å². The van der Waals surface area contributed by atoms with E-state index in [1.807, 2.05) is 38.1 Å². The van der Waals surface area contributed by atoms with Crippen LogP contribution < -0.4 is 10.1 Å². The van der Waals surface area contributed by atoms with Gasteiger partial charge >= 0.3 is 12.2 Å². The van der Waals surface area contributed by atoms with Crippen molar-refractivity contribution >= 4 is 23.1 Å². The number of pyridine rings is 1. The van der Waals surface area contributed by atoms with E-state index in [0.29, 0.717) is 35.7 Å². The van der Waals surface area contributed by atoms with E-state index in [4.69, 9.17) is 19.2 Å². The number of hydrogen-bond acceptors (Lipinski definition) is 7. The number of nitrogens with zero attached hydrogens (tertiary/aromatic N) is 3. The van der Waals surface area contributed by atoms with Crippen LogP contribution in [0.3, 0.4) is 0 Å². The molecule has 0 aliphatic rings. The molecule has 210 valence electrons. The Labute approximate surface area is 230 Å². The zero-order valence-electron chi connectivity index (χ0n) is 24.5. The van der Waals surface area contributed by atoms with E-state index in [1.165, 1.54) is 4.57 Å². The number of carbonyl (C=O) groups excluding carboxylic acids is 2. The Morgan fingerprint density at radius 3 is 2.28 bits per heavy atom. The van der Waals surface area contributed by atoms with Crippen molar-refractivity contribution in [2.45, 2.75) is 85.0 Å². The van der Waals surface area contributed by atoms with Crippen LogP contribution >= 0.6 is 0 Å². The number of carbonyl (C=O) groups is 2. The van der Waals surface area contributed by atoms with Crippen LogP contribution in [0, 0.1) is 6.92 Å². The molecule has 0 aliphatic heterocycles. The molecule has 2 aromatic heterocycles. The van der Waals surface area contributed by atoms with E-state index in [0.717, 1.165) is 16.6 Å². The molecular weight excluding hydrogens is 496 g/mol. The van der Waals surface area contributed by atoms with E-state index >= 15 is 0 Å². The van der Waals surface area contributed by atoms with Gasteiger partial charge < -0.3 is 19.5 Å². The van der Waals surface area contributed by atoms with Gasteiger partial charge in [0.15, 0.2) is 0 Å². The van der Waals surface area contributed by atoms with Gasteiger partial charge in [-0.25, -0.2) is 19.1 Å². The number of aryl methyl sites for hydroxylation is 1. The maximum Gasteiger partial charge on any atom is 0.420 e. The second kappa shape index (κ2) is 11.1. The lowest BCUT2D eigenvalue weighted by Crippen LogP contribution is -2.49. The summed E-state index contributed by atoms with van der Waals surface area (Å²) in [4.78, 5) is 36.0. The molecule has 3 rings (SSSR count). The van der Waals surface area contributed by atoms with Gasteiger partial charge in [-0.3, -0.25) is 4.98 Å². The SMILES string of the molecule is C=CCC(CC)(NC(=O)OC(C)(C)C)c1nc(-c2cc3ccc(C)nc3cc2OC)cn1C(=O)OC(C)(C)C. The fraction of sp³-hybridized carbons (Fsp3) is 0.467. The van der Waals surface area contributed by atoms with Crippen molar-refractivity contribution in [1.82, 2.24) is 19.9 Å². The van der Waals surface area contributed by atoms with Crippen molar-refractivity contribution in [1.29, 1.82) is 0 Å². The summed E-state index contributed by atoms with van der Waals surface area (Å²) in [6, 6.07) is 7.68. The number of aromatic nitrogens is 3. The van der Waals surface area contributed by atoms with Gasteiger partial charge in [-0.15, -0.1) is 6.58 Å². The summed E-state index contributed by atoms with van der Waals surface area (Å²) in [5, 5.41) is 3.87. The Morgan fingerprint density at radius 1 is 1.05 bits per heavy atom. The quantitative estimate of drug-likeness (QED) is 0.327. The third-order valence-electron chi connectivity index (χ3n) is 5.99. The molecule has 1 aromatic carbocycles. The first-order valence-corrected chi connectivity index (χ1v) is 13.0. The number of nitrogens with one attached hydrogen (secondary N) is 1. The number of amides is 1. The summed E-state index contributed by atoms with van der Waals surface area (Å²) in [5.41, 5.74) is 0.233. The molecule has 1 unspecified atom stereocenters. The van der Waals surface area contributed by atoms with Crippen LogP contribution in [0.15, 0.2) is 43.1 Å². The van der Waals surface area contributed by atoms with E-state index in [9.17, 15) is 9.59 Å². The van der Waals surface area contributed by atoms with Crippen molar-refractivity contribution < 1.29 is 23.8 Å². The van der Waals surface area contributed by atoms with Gasteiger partial charge in [0.25, 0.3) is 0 Å². The standard InChI is InChI=1S/C30H40N4O5/c1-11-15-30(12-2,33-26(35)38-28(4,5)6)25-32-23(18-34(25)27(36)39-29(7,8)9)21-16-20-14-13-19(3)31-22(20)17-24(21)37-10/h11,13-14,16-18H,1,12,15H2,2-10H3,(H,33,35). The summed E-state index contributed by atoms with van der Waals surface area (Å²) < 4.78 is 18.3. The second-order valence-electron chi connectivity index (χ2n) is 11.6. The first-order valence-electron chi connectivity index (χ1n) is 13.0. The topological polar surface area (TPSA) is 105 Å². The highest BCUT2D eigenvalue weighted by Gasteiger charge is 2.40. The van der Waals surface area contributed by atoms with Crippen LogP contribution in [0.4, 0.5) is 9.59 Å². The van der Waals surface area contributed by atoms with E-state index in [2.05, 4.69) is 16.9 Å². The molecule has 0 saturated carbocycles. The average molecular weight is 537 g/mol. The number of ether oxygens (including phenoxy) is 3. The number of methoxy groups -OCH3 is 1.